The Morgan fingerprint density at radius 2 is 1.83 bits per heavy atom. The molecule has 2 saturated heterocycles. The number of benzene rings is 2. The first-order valence-electron chi connectivity index (χ1n) is 12.7. The van der Waals surface area contributed by atoms with E-state index in [2.05, 4.69) is 44.3 Å². The van der Waals surface area contributed by atoms with Crippen molar-refractivity contribution in [3.05, 3.63) is 69.7 Å². The molecule has 8 heteroatoms. The first-order chi connectivity index (χ1) is 17.3. The van der Waals surface area contributed by atoms with Crippen LogP contribution in [0.25, 0.3) is 6.08 Å². The van der Waals surface area contributed by atoms with Crippen LogP contribution in [0.15, 0.2) is 46.9 Å². The van der Waals surface area contributed by atoms with Gasteiger partial charge in [-0.05, 0) is 96.0 Å². The van der Waals surface area contributed by atoms with Gasteiger partial charge in [0.2, 0.25) is 5.91 Å². The fraction of sp³-hybridized carbons (Fsp3) is 0.464. The second kappa shape index (κ2) is 10.6. The Labute approximate surface area is 219 Å². The molecule has 5 nitrogen and oxygen atoms in total. The zero-order valence-corrected chi connectivity index (χ0v) is 21.8. The summed E-state index contributed by atoms with van der Waals surface area (Å²) in [4.78, 5) is 16.7. The summed E-state index contributed by atoms with van der Waals surface area (Å²) in [6.45, 7) is 4.71. The number of piperidine rings is 2. The van der Waals surface area contributed by atoms with Crippen molar-refractivity contribution in [2.75, 3.05) is 44.6 Å². The van der Waals surface area contributed by atoms with Crippen molar-refractivity contribution in [2.45, 2.75) is 37.2 Å². The van der Waals surface area contributed by atoms with E-state index in [4.69, 9.17) is 0 Å². The van der Waals surface area contributed by atoms with Gasteiger partial charge in [0.25, 0.3) is 0 Å². The predicted octanol–water partition coefficient (Wildman–Crippen LogP) is 4.80. The second-order valence-corrected chi connectivity index (χ2v) is 11.2. The Balaban J connectivity index is 1.09. The number of β-amino-alcohol motifs (C(OH)–C–C–N with tert-alkyl or cyclic N) is 1. The number of anilines is 1. The number of aliphatic hydroxyl groups excluding tert-OH is 1. The van der Waals surface area contributed by atoms with Crippen LogP contribution in [0.4, 0.5) is 14.5 Å². The molecular formula is C28H32BrF2N3O2. The lowest BCUT2D eigenvalue weighted by Gasteiger charge is -2.41. The molecule has 3 aliphatic rings. The molecule has 36 heavy (non-hydrogen) atoms. The summed E-state index contributed by atoms with van der Waals surface area (Å²) in [5.74, 6) is -1.35. The topological polar surface area (TPSA) is 55.8 Å². The number of aliphatic hydroxyl groups is 1. The molecule has 3 aliphatic heterocycles. The van der Waals surface area contributed by atoms with Gasteiger partial charge in [0.15, 0.2) is 0 Å². The Morgan fingerprint density at radius 1 is 1.14 bits per heavy atom. The number of rotatable bonds is 5. The summed E-state index contributed by atoms with van der Waals surface area (Å²) in [7, 11) is 0. The van der Waals surface area contributed by atoms with Gasteiger partial charge in [-0.1, -0.05) is 12.1 Å². The molecule has 2 N–H and O–H groups in total. The smallest absolute Gasteiger partial charge is 0.246 e. The molecule has 5 rings (SSSR count). The average Bonchev–Trinajstić information content (AvgIpc) is 3.23. The van der Waals surface area contributed by atoms with Gasteiger partial charge in [-0.2, -0.15) is 0 Å². The van der Waals surface area contributed by atoms with Gasteiger partial charge in [0.1, 0.15) is 11.6 Å². The number of hydrogen-bond donors (Lipinski definition) is 2. The molecule has 0 saturated carbocycles. The lowest BCUT2D eigenvalue weighted by Crippen LogP contribution is -2.48. The van der Waals surface area contributed by atoms with Gasteiger partial charge in [0.05, 0.1) is 11.8 Å². The lowest BCUT2D eigenvalue weighted by molar-refractivity contribution is -0.128. The summed E-state index contributed by atoms with van der Waals surface area (Å²) in [5, 5.41) is 14.5. The first kappa shape index (κ1) is 25.4. The van der Waals surface area contributed by atoms with Gasteiger partial charge >= 0.3 is 0 Å². The molecule has 1 atom stereocenters. The van der Waals surface area contributed by atoms with E-state index in [1.54, 1.807) is 4.90 Å². The maximum absolute atomic E-state index is 13.3. The highest BCUT2D eigenvalue weighted by atomic mass is 79.9. The molecule has 192 valence electrons. The highest BCUT2D eigenvalue weighted by Gasteiger charge is 2.42. The van der Waals surface area contributed by atoms with Crippen LogP contribution in [0.1, 0.15) is 36.8 Å². The maximum atomic E-state index is 13.3. The van der Waals surface area contributed by atoms with E-state index in [1.807, 2.05) is 0 Å². The maximum Gasteiger partial charge on any atom is 0.246 e. The minimum absolute atomic E-state index is 0.163. The van der Waals surface area contributed by atoms with Crippen molar-refractivity contribution in [1.29, 1.82) is 0 Å². The van der Waals surface area contributed by atoms with E-state index in [-0.39, 0.29) is 17.2 Å². The van der Waals surface area contributed by atoms with Crippen molar-refractivity contribution in [1.82, 2.24) is 9.80 Å². The summed E-state index contributed by atoms with van der Waals surface area (Å²) in [5.41, 5.74) is 3.13. The number of fused-ring (bicyclic) bond motifs is 2. The molecule has 2 aromatic rings. The number of likely N-dealkylation sites (tertiary alicyclic amines) is 2. The van der Waals surface area contributed by atoms with Crippen LogP contribution in [0, 0.1) is 17.6 Å². The average molecular weight is 560 g/mol. The van der Waals surface area contributed by atoms with Crippen LogP contribution >= 0.6 is 15.9 Å². The fourth-order valence-corrected chi connectivity index (χ4v) is 6.48. The van der Waals surface area contributed by atoms with E-state index in [0.29, 0.717) is 25.2 Å². The number of hydrogen-bond acceptors (Lipinski definition) is 4. The van der Waals surface area contributed by atoms with E-state index in [0.717, 1.165) is 55.9 Å². The predicted molar refractivity (Wildman–Crippen MR) is 141 cm³/mol. The molecule has 0 aromatic heterocycles. The van der Waals surface area contributed by atoms with E-state index in [9.17, 15) is 18.7 Å². The van der Waals surface area contributed by atoms with Crippen molar-refractivity contribution in [3.8, 4) is 0 Å². The van der Waals surface area contributed by atoms with Crippen LogP contribution in [0.5, 0.6) is 0 Å². The summed E-state index contributed by atoms with van der Waals surface area (Å²) >= 11 is 3.66. The highest BCUT2D eigenvalue weighted by molar-refractivity contribution is 9.10. The summed E-state index contributed by atoms with van der Waals surface area (Å²) in [6.07, 6.45) is 6.04. The molecule has 0 bridgehead atoms. The zero-order valence-electron chi connectivity index (χ0n) is 20.2. The van der Waals surface area contributed by atoms with Crippen molar-refractivity contribution in [3.63, 3.8) is 0 Å². The number of nitrogens with zero attached hydrogens (tertiary/aromatic N) is 2. The minimum Gasteiger partial charge on any atom is -0.392 e. The molecule has 1 amide bonds. The molecule has 0 aliphatic carbocycles. The third-order valence-electron chi connectivity index (χ3n) is 8.15. The highest BCUT2D eigenvalue weighted by Crippen LogP contribution is 2.46. The number of amides is 1. The van der Waals surface area contributed by atoms with Gasteiger partial charge < -0.3 is 20.2 Å². The third kappa shape index (κ3) is 5.36. The molecule has 1 unspecified atom stereocenters. The van der Waals surface area contributed by atoms with Gasteiger partial charge in [-0.3, -0.25) is 4.79 Å². The normalized spacial score (nSPS) is 21.1. The Morgan fingerprint density at radius 3 is 2.53 bits per heavy atom. The van der Waals surface area contributed by atoms with Crippen LogP contribution in [-0.4, -0.2) is 66.2 Å². The number of nitrogens with one attached hydrogen (secondary N) is 1. The first-order valence-corrected chi connectivity index (χ1v) is 13.5. The minimum atomic E-state index is -0.668. The van der Waals surface area contributed by atoms with Crippen LogP contribution in [0.2, 0.25) is 0 Å². The monoisotopic (exact) mass is 559 g/mol. The van der Waals surface area contributed by atoms with Gasteiger partial charge in [0, 0.05) is 48.2 Å². The Hall–Kier alpha value is -2.29. The summed E-state index contributed by atoms with van der Waals surface area (Å²) < 4.78 is 27.8. The lowest BCUT2D eigenvalue weighted by atomic mass is 9.74. The van der Waals surface area contributed by atoms with E-state index >= 15 is 0 Å². The van der Waals surface area contributed by atoms with E-state index < -0.39 is 17.7 Å². The largest absolute Gasteiger partial charge is 0.392 e. The fourth-order valence-electron chi connectivity index (χ4n) is 5.97. The second-order valence-electron chi connectivity index (χ2n) is 10.4. The molecule has 2 fully saturated rings. The number of carbonyl (C=O) groups is 1. The van der Waals surface area contributed by atoms with Crippen LogP contribution in [-0.2, 0) is 10.2 Å². The third-order valence-corrected chi connectivity index (χ3v) is 8.81. The molecule has 2 aromatic carbocycles. The standard InChI is InChI=1S/C28H32BrF2N3O2/c29-24-3-1-2-23-27(24)32-18-28(23)8-12-33(13-9-28)17-25(35)20-6-10-34(11-7-20)26(36)5-4-19-14-21(30)16-22(31)15-19/h1-5,14-16,20,25,32,35H,6-13,17-18H2. The van der Waals surface area contributed by atoms with E-state index in [1.165, 1.54) is 35.5 Å². The zero-order chi connectivity index (χ0) is 25.3. The van der Waals surface area contributed by atoms with Crippen LogP contribution in [0.3, 0.4) is 0 Å². The number of halogens is 3. The van der Waals surface area contributed by atoms with Crippen LogP contribution < -0.4 is 5.32 Å². The molecule has 0 radical (unpaired) electrons. The SMILES string of the molecule is O=C(C=Cc1cc(F)cc(F)c1)N1CCC(C(O)CN2CCC3(CC2)CNc2c(Br)cccc23)CC1. The number of para-hydroxylation sites is 1. The number of carbonyl (C=O) groups excluding carboxylic acids is 1. The Bertz CT molecular complexity index is 1120. The van der Waals surface area contributed by atoms with Gasteiger partial charge in [-0.15, -0.1) is 0 Å². The molecular weight excluding hydrogens is 528 g/mol. The molecule has 1 spiro atoms. The van der Waals surface area contributed by atoms with Crippen molar-refractivity contribution >= 4 is 33.6 Å². The summed E-state index contributed by atoms with van der Waals surface area (Å²) in [6, 6.07) is 9.63. The van der Waals surface area contributed by atoms with Crippen molar-refractivity contribution < 1.29 is 18.7 Å². The Kier molecular flexibility index (Phi) is 7.47. The quantitative estimate of drug-likeness (QED) is 0.517. The van der Waals surface area contributed by atoms with Crippen molar-refractivity contribution in [2.24, 2.45) is 5.92 Å². The van der Waals surface area contributed by atoms with Gasteiger partial charge in [-0.25, -0.2) is 8.78 Å². The molecule has 3 heterocycles.